The Morgan fingerprint density at radius 3 is 2.71 bits per heavy atom. The van der Waals surface area contributed by atoms with Crippen molar-refractivity contribution in [1.82, 2.24) is 4.90 Å². The summed E-state index contributed by atoms with van der Waals surface area (Å²) in [4.78, 5) is 17.4. The van der Waals surface area contributed by atoms with Crippen molar-refractivity contribution in [3.63, 3.8) is 0 Å². The molecule has 6 heteroatoms. The van der Waals surface area contributed by atoms with Crippen LogP contribution in [0.15, 0.2) is 23.2 Å². The third kappa shape index (κ3) is 4.20. The van der Waals surface area contributed by atoms with Crippen LogP contribution in [0.4, 0.5) is 11.4 Å². The van der Waals surface area contributed by atoms with Crippen molar-refractivity contribution in [3.05, 3.63) is 33.9 Å². The average molecular weight is 307 g/mol. The first-order valence-electron chi connectivity index (χ1n) is 6.98. The zero-order chi connectivity index (χ0) is 15.6. The van der Waals surface area contributed by atoms with Crippen LogP contribution in [0.5, 0.6) is 0 Å². The number of nitro groups is 1. The van der Waals surface area contributed by atoms with E-state index in [4.69, 9.17) is 4.99 Å². The van der Waals surface area contributed by atoms with Crippen LogP contribution in [0.25, 0.3) is 0 Å². The van der Waals surface area contributed by atoms with Gasteiger partial charge in [0.15, 0.2) is 5.17 Å². The molecule has 1 aromatic carbocycles. The number of thioether (sulfide) groups is 1. The molecular weight excluding hydrogens is 286 g/mol. The molecule has 21 heavy (non-hydrogen) atoms. The van der Waals surface area contributed by atoms with Crippen LogP contribution in [-0.4, -0.2) is 33.8 Å². The summed E-state index contributed by atoms with van der Waals surface area (Å²) in [5.74, 6) is 1.04. The molecule has 114 valence electrons. The predicted molar refractivity (Wildman–Crippen MR) is 88.4 cm³/mol. The summed E-state index contributed by atoms with van der Waals surface area (Å²) in [6.07, 6.45) is 0. The van der Waals surface area contributed by atoms with Gasteiger partial charge in [0.05, 0.1) is 10.6 Å². The molecule has 0 unspecified atom stereocenters. The number of non-ortho nitro benzene ring substituents is 1. The monoisotopic (exact) mass is 307 g/mol. The van der Waals surface area contributed by atoms with E-state index in [0.29, 0.717) is 0 Å². The summed E-state index contributed by atoms with van der Waals surface area (Å²) >= 11 is 1.75. The molecule has 0 saturated carbocycles. The van der Waals surface area contributed by atoms with Crippen LogP contribution >= 0.6 is 11.8 Å². The van der Waals surface area contributed by atoms with E-state index in [1.807, 2.05) is 6.92 Å². The number of nitrogens with zero attached hydrogens (tertiary/aromatic N) is 3. The number of rotatable bonds is 3. The van der Waals surface area contributed by atoms with Crippen molar-refractivity contribution >= 4 is 28.3 Å². The second-order valence-electron chi connectivity index (χ2n) is 6.45. The maximum Gasteiger partial charge on any atom is 0.269 e. The Hall–Kier alpha value is -1.56. The van der Waals surface area contributed by atoms with Crippen LogP contribution in [0.1, 0.15) is 26.3 Å². The van der Waals surface area contributed by atoms with Gasteiger partial charge in [-0.3, -0.25) is 10.1 Å². The number of amidine groups is 1. The molecule has 0 N–H and O–H groups in total. The Labute approximate surface area is 129 Å². The molecule has 0 aromatic heterocycles. The Morgan fingerprint density at radius 2 is 2.14 bits per heavy atom. The summed E-state index contributed by atoms with van der Waals surface area (Å²) in [5.41, 5.74) is 1.97. The molecule has 0 spiro atoms. The molecule has 0 radical (unpaired) electrons. The van der Waals surface area contributed by atoms with Gasteiger partial charge in [-0.15, -0.1) is 0 Å². The first kappa shape index (κ1) is 15.8. The molecule has 1 saturated heterocycles. The summed E-state index contributed by atoms with van der Waals surface area (Å²) < 4.78 is 0. The van der Waals surface area contributed by atoms with Crippen molar-refractivity contribution in [2.45, 2.75) is 27.7 Å². The van der Waals surface area contributed by atoms with Gasteiger partial charge < -0.3 is 4.90 Å². The topological polar surface area (TPSA) is 58.7 Å². The van der Waals surface area contributed by atoms with Crippen molar-refractivity contribution < 1.29 is 4.92 Å². The van der Waals surface area contributed by atoms with E-state index in [0.717, 1.165) is 35.3 Å². The summed E-state index contributed by atoms with van der Waals surface area (Å²) in [7, 11) is 0. The average Bonchev–Trinajstić information content (AvgIpc) is 2.76. The van der Waals surface area contributed by atoms with Crippen molar-refractivity contribution in [2.24, 2.45) is 10.4 Å². The Balaban J connectivity index is 2.24. The summed E-state index contributed by atoms with van der Waals surface area (Å²) in [5, 5.41) is 11.8. The molecule has 5 nitrogen and oxygen atoms in total. The Bertz CT molecular complexity index is 579. The van der Waals surface area contributed by atoms with Gasteiger partial charge in [-0.1, -0.05) is 32.5 Å². The van der Waals surface area contributed by atoms with Gasteiger partial charge in [0, 0.05) is 31.0 Å². The van der Waals surface area contributed by atoms with Crippen LogP contribution < -0.4 is 0 Å². The Morgan fingerprint density at radius 1 is 1.43 bits per heavy atom. The SMILES string of the molecule is Cc1cc([N+](=O)[O-])ccc1N=C1SCCN1CC(C)(C)C. The number of aliphatic imine (C=N–C) groups is 1. The zero-order valence-corrected chi connectivity index (χ0v) is 13.7. The van der Waals surface area contributed by atoms with Gasteiger partial charge in [-0.05, 0) is 24.0 Å². The first-order chi connectivity index (χ1) is 9.76. The van der Waals surface area contributed by atoms with Gasteiger partial charge in [0.1, 0.15) is 0 Å². The molecular formula is C15H21N3O2S. The maximum absolute atomic E-state index is 10.8. The quantitative estimate of drug-likeness (QED) is 0.626. The molecule has 2 rings (SSSR count). The molecule has 0 atom stereocenters. The largest absolute Gasteiger partial charge is 0.350 e. The highest BCUT2D eigenvalue weighted by atomic mass is 32.2. The number of hydrogen-bond acceptors (Lipinski definition) is 4. The molecule has 1 heterocycles. The Kier molecular flexibility index (Phi) is 4.56. The normalized spacial score (nSPS) is 17.5. The smallest absolute Gasteiger partial charge is 0.269 e. The highest BCUT2D eigenvalue weighted by Gasteiger charge is 2.24. The number of nitro benzene ring substituents is 1. The third-order valence-electron chi connectivity index (χ3n) is 3.14. The summed E-state index contributed by atoms with van der Waals surface area (Å²) in [6, 6.07) is 4.82. The van der Waals surface area contributed by atoms with Gasteiger partial charge in [0.25, 0.3) is 5.69 Å². The second kappa shape index (κ2) is 6.05. The fourth-order valence-electron chi connectivity index (χ4n) is 2.24. The van der Waals surface area contributed by atoms with E-state index < -0.39 is 0 Å². The molecule has 0 aliphatic carbocycles. The molecule has 1 fully saturated rings. The maximum atomic E-state index is 10.8. The van der Waals surface area contributed by atoms with Gasteiger partial charge in [-0.2, -0.15) is 0 Å². The second-order valence-corrected chi connectivity index (χ2v) is 7.52. The highest BCUT2D eigenvalue weighted by molar-refractivity contribution is 8.14. The van der Waals surface area contributed by atoms with Crippen LogP contribution in [0, 0.1) is 22.5 Å². The van der Waals surface area contributed by atoms with Crippen LogP contribution in [0.3, 0.4) is 0 Å². The molecule has 0 bridgehead atoms. The van der Waals surface area contributed by atoms with E-state index in [1.54, 1.807) is 23.9 Å². The van der Waals surface area contributed by atoms with E-state index in [-0.39, 0.29) is 16.0 Å². The van der Waals surface area contributed by atoms with Crippen molar-refractivity contribution in [1.29, 1.82) is 0 Å². The van der Waals surface area contributed by atoms with Crippen LogP contribution in [0.2, 0.25) is 0 Å². The predicted octanol–water partition coefficient (Wildman–Crippen LogP) is 3.99. The minimum atomic E-state index is -0.375. The third-order valence-corrected chi connectivity index (χ3v) is 4.13. The lowest BCUT2D eigenvalue weighted by Crippen LogP contribution is -2.33. The van der Waals surface area contributed by atoms with Gasteiger partial charge in [0.2, 0.25) is 0 Å². The number of aryl methyl sites for hydroxylation is 1. The first-order valence-corrected chi connectivity index (χ1v) is 7.96. The standard InChI is InChI=1S/C15H21N3O2S/c1-11-9-12(18(19)20)5-6-13(11)16-14-17(7-8-21-14)10-15(2,3)4/h5-6,9H,7-8,10H2,1-4H3. The lowest BCUT2D eigenvalue weighted by molar-refractivity contribution is -0.384. The fourth-order valence-corrected chi connectivity index (χ4v) is 3.23. The minimum Gasteiger partial charge on any atom is -0.350 e. The number of hydrogen-bond donors (Lipinski definition) is 0. The molecule has 1 aliphatic rings. The van der Waals surface area contributed by atoms with Gasteiger partial charge in [-0.25, -0.2) is 4.99 Å². The van der Waals surface area contributed by atoms with E-state index in [1.165, 1.54) is 6.07 Å². The highest BCUT2D eigenvalue weighted by Crippen LogP contribution is 2.29. The minimum absolute atomic E-state index is 0.113. The lowest BCUT2D eigenvalue weighted by Gasteiger charge is -2.27. The van der Waals surface area contributed by atoms with E-state index in [9.17, 15) is 10.1 Å². The summed E-state index contributed by atoms with van der Waals surface area (Å²) in [6.45, 7) is 10.5. The molecule has 1 aliphatic heterocycles. The number of benzene rings is 1. The fraction of sp³-hybridized carbons (Fsp3) is 0.533. The van der Waals surface area contributed by atoms with Crippen molar-refractivity contribution in [2.75, 3.05) is 18.8 Å². The van der Waals surface area contributed by atoms with Crippen LogP contribution in [-0.2, 0) is 0 Å². The van der Waals surface area contributed by atoms with Crippen molar-refractivity contribution in [3.8, 4) is 0 Å². The van der Waals surface area contributed by atoms with Gasteiger partial charge >= 0.3 is 0 Å². The molecule has 0 amide bonds. The zero-order valence-electron chi connectivity index (χ0n) is 12.9. The van der Waals surface area contributed by atoms with E-state index in [2.05, 4.69) is 25.7 Å². The van der Waals surface area contributed by atoms with E-state index >= 15 is 0 Å². The molecule has 1 aromatic rings. The lowest BCUT2D eigenvalue weighted by atomic mass is 9.96.